The van der Waals surface area contributed by atoms with Gasteiger partial charge in [-0.1, -0.05) is 46.0 Å². The molecule has 0 saturated carbocycles. The third kappa shape index (κ3) is 7.41. The van der Waals surface area contributed by atoms with E-state index in [1.165, 1.54) is 4.90 Å². The minimum atomic E-state index is -2.40. The van der Waals surface area contributed by atoms with Crippen LogP contribution in [-0.4, -0.2) is 66.5 Å². The molecule has 0 spiro atoms. The predicted octanol–water partition coefficient (Wildman–Crippen LogP) is 6.46. The first kappa shape index (κ1) is 34.6. The lowest BCUT2D eigenvalue weighted by Gasteiger charge is -2.58. The van der Waals surface area contributed by atoms with Gasteiger partial charge in [0.15, 0.2) is 8.24 Å². The number of carbonyl (C=O) groups excluding carboxylic acids is 3. The number of methoxy groups -OCH3 is 1. The van der Waals surface area contributed by atoms with E-state index in [1.807, 2.05) is 61.7 Å². The SMILES string of the molecule is COc1ccc(CN(C(=O)OC(C)(C)C)c2cc(C[C@H]3C(=O)N([Si](C)(C)C(C)(C)C)[C@@H]3C(=O)N(C)c3ccncc3)ccn2)cc1. The van der Waals surface area contributed by atoms with Gasteiger partial charge in [-0.2, -0.15) is 0 Å². The van der Waals surface area contributed by atoms with Gasteiger partial charge in [0.05, 0.1) is 19.6 Å². The summed E-state index contributed by atoms with van der Waals surface area (Å²) in [5, 5.41) is -0.152. The van der Waals surface area contributed by atoms with E-state index in [0.29, 0.717) is 23.7 Å². The Balaban J connectivity index is 1.67. The molecule has 4 rings (SSSR count). The second-order valence-electron chi connectivity index (χ2n) is 14.3. The van der Waals surface area contributed by atoms with Crippen molar-refractivity contribution in [3.8, 4) is 5.75 Å². The van der Waals surface area contributed by atoms with Gasteiger partial charge in [0, 0.05) is 31.3 Å². The highest BCUT2D eigenvalue weighted by Gasteiger charge is 2.60. The van der Waals surface area contributed by atoms with Gasteiger partial charge >= 0.3 is 6.09 Å². The number of hydrogen-bond donors (Lipinski definition) is 0. The van der Waals surface area contributed by atoms with Gasteiger partial charge in [-0.15, -0.1) is 0 Å². The zero-order valence-electron chi connectivity index (χ0n) is 28.7. The molecule has 46 heavy (non-hydrogen) atoms. The Morgan fingerprint density at radius 3 is 2.13 bits per heavy atom. The van der Waals surface area contributed by atoms with Crippen LogP contribution in [-0.2, 0) is 27.3 Å². The van der Waals surface area contributed by atoms with Crippen LogP contribution in [0.5, 0.6) is 5.75 Å². The van der Waals surface area contributed by atoms with E-state index in [2.05, 4.69) is 43.8 Å². The van der Waals surface area contributed by atoms with Crippen molar-refractivity contribution in [2.24, 2.45) is 5.92 Å². The van der Waals surface area contributed by atoms with Crippen LogP contribution in [0.15, 0.2) is 67.1 Å². The van der Waals surface area contributed by atoms with E-state index in [1.54, 1.807) is 49.8 Å². The van der Waals surface area contributed by atoms with Crippen molar-refractivity contribution in [3.63, 3.8) is 0 Å². The number of nitrogens with zero attached hydrogens (tertiary/aromatic N) is 5. The van der Waals surface area contributed by atoms with Crippen molar-refractivity contribution in [1.29, 1.82) is 0 Å². The lowest BCUT2D eigenvalue weighted by atomic mass is 9.84. The van der Waals surface area contributed by atoms with Gasteiger partial charge in [-0.05, 0) is 79.8 Å². The number of β-lactam (4-membered cyclic amide) rings is 1. The smallest absolute Gasteiger partial charge is 0.416 e. The topological polar surface area (TPSA) is 105 Å². The van der Waals surface area contributed by atoms with Crippen LogP contribution in [0.1, 0.15) is 52.7 Å². The number of benzene rings is 1. The molecule has 1 aromatic carbocycles. The molecule has 3 heterocycles. The number of pyridine rings is 2. The van der Waals surface area contributed by atoms with Gasteiger partial charge in [-0.25, -0.2) is 9.78 Å². The van der Waals surface area contributed by atoms with Gasteiger partial charge in [0.25, 0.3) is 0 Å². The quantitative estimate of drug-likeness (QED) is 0.194. The highest BCUT2D eigenvalue weighted by Crippen LogP contribution is 2.46. The highest BCUT2D eigenvalue weighted by atomic mass is 28.3. The summed E-state index contributed by atoms with van der Waals surface area (Å²) in [6.07, 6.45) is 4.71. The Hall–Kier alpha value is -4.25. The predicted molar refractivity (Wildman–Crippen MR) is 182 cm³/mol. The first-order valence-electron chi connectivity index (χ1n) is 15.5. The second-order valence-corrected chi connectivity index (χ2v) is 19.4. The molecule has 1 saturated heterocycles. The number of amides is 3. The van der Waals surface area contributed by atoms with Crippen LogP contribution in [0, 0.1) is 5.92 Å². The minimum absolute atomic E-state index is 0.0198. The maximum atomic E-state index is 14.1. The molecule has 1 aliphatic heterocycles. The number of ether oxygens (including phenoxy) is 2. The zero-order chi connectivity index (χ0) is 34.0. The Labute approximate surface area is 273 Å². The largest absolute Gasteiger partial charge is 0.497 e. The molecule has 10 nitrogen and oxygen atoms in total. The summed E-state index contributed by atoms with van der Waals surface area (Å²) in [6, 6.07) is 14.0. The summed E-state index contributed by atoms with van der Waals surface area (Å²) in [5.74, 6) is 0.395. The Kier molecular flexibility index (Phi) is 9.96. The van der Waals surface area contributed by atoms with E-state index in [-0.39, 0.29) is 23.4 Å². The van der Waals surface area contributed by atoms with Gasteiger partial charge in [0.1, 0.15) is 23.2 Å². The van der Waals surface area contributed by atoms with E-state index in [4.69, 9.17) is 9.47 Å². The fraction of sp³-hybridized carbons (Fsp3) is 0.457. The molecular formula is C35H47N5O5Si. The Morgan fingerprint density at radius 2 is 1.57 bits per heavy atom. The van der Waals surface area contributed by atoms with Gasteiger partial charge in [0.2, 0.25) is 11.8 Å². The summed E-state index contributed by atoms with van der Waals surface area (Å²) in [4.78, 5) is 53.3. The maximum Gasteiger partial charge on any atom is 0.416 e. The summed E-state index contributed by atoms with van der Waals surface area (Å²) < 4.78 is 12.9. The Bertz CT molecular complexity index is 1550. The fourth-order valence-electron chi connectivity index (χ4n) is 5.37. The van der Waals surface area contributed by atoms with Crippen molar-refractivity contribution in [1.82, 2.24) is 14.5 Å². The standard InChI is InChI=1S/C35H47N5O5Si/c1-34(2,3)45-33(43)39(23-24-11-13-27(44-8)14-12-24)29-22-25(15-20-37-29)21-28-30(32(42)38(7)26-16-18-36-19-17-26)40(31(28)41)46(9,10)35(4,5)6/h11-20,22,28,30H,21,23H2,1-10H3/t28-,30+/m1/s1. The lowest BCUT2D eigenvalue weighted by molar-refractivity contribution is -0.154. The molecule has 2 atom stereocenters. The van der Waals surface area contributed by atoms with E-state index < -0.39 is 31.9 Å². The van der Waals surface area contributed by atoms with Crippen molar-refractivity contribution in [2.75, 3.05) is 24.0 Å². The number of likely N-dealkylation sites (N-methyl/N-ethyl adjacent to an activating group) is 1. The minimum Gasteiger partial charge on any atom is -0.497 e. The number of anilines is 2. The molecule has 246 valence electrons. The van der Waals surface area contributed by atoms with Crippen LogP contribution in [0.4, 0.5) is 16.3 Å². The lowest BCUT2D eigenvalue weighted by Crippen LogP contribution is -2.76. The monoisotopic (exact) mass is 645 g/mol. The molecule has 3 amide bonds. The van der Waals surface area contributed by atoms with Crippen LogP contribution in [0.3, 0.4) is 0 Å². The highest BCUT2D eigenvalue weighted by molar-refractivity contribution is 6.80. The zero-order valence-corrected chi connectivity index (χ0v) is 29.7. The number of hydrogen-bond acceptors (Lipinski definition) is 7. The molecule has 1 aliphatic rings. The van der Waals surface area contributed by atoms with E-state index in [9.17, 15) is 14.4 Å². The third-order valence-corrected chi connectivity index (χ3v) is 14.3. The summed E-state index contributed by atoms with van der Waals surface area (Å²) >= 11 is 0. The average molecular weight is 646 g/mol. The Morgan fingerprint density at radius 1 is 0.935 bits per heavy atom. The van der Waals surface area contributed by atoms with Crippen LogP contribution < -0.4 is 14.5 Å². The molecule has 1 fully saturated rings. The number of carbonyl (C=O) groups is 3. The molecule has 0 aliphatic carbocycles. The molecule has 11 heteroatoms. The normalized spacial score (nSPS) is 16.8. The van der Waals surface area contributed by atoms with Crippen LogP contribution in [0.25, 0.3) is 0 Å². The summed E-state index contributed by atoms with van der Waals surface area (Å²) in [5.41, 5.74) is 1.66. The van der Waals surface area contributed by atoms with Crippen molar-refractivity contribution in [3.05, 3.63) is 78.2 Å². The van der Waals surface area contributed by atoms with Gasteiger partial charge in [-0.3, -0.25) is 19.5 Å². The first-order chi connectivity index (χ1) is 21.4. The summed E-state index contributed by atoms with van der Waals surface area (Å²) in [7, 11) is 0.942. The number of aromatic nitrogens is 2. The maximum absolute atomic E-state index is 14.1. The fourth-order valence-corrected chi connectivity index (χ4v) is 7.79. The molecule has 0 unspecified atom stereocenters. The number of rotatable bonds is 9. The molecule has 0 N–H and O–H groups in total. The van der Waals surface area contributed by atoms with Crippen LogP contribution >= 0.6 is 0 Å². The first-order valence-corrected chi connectivity index (χ1v) is 18.5. The molecule has 0 bridgehead atoms. The van der Waals surface area contributed by atoms with E-state index >= 15 is 0 Å². The van der Waals surface area contributed by atoms with Crippen molar-refractivity contribution >= 4 is 37.6 Å². The molecule has 3 aromatic rings. The second kappa shape index (κ2) is 13.2. The van der Waals surface area contributed by atoms with E-state index in [0.717, 1.165) is 11.1 Å². The molecule has 2 aromatic heterocycles. The molecule has 0 radical (unpaired) electrons. The third-order valence-electron chi connectivity index (χ3n) is 8.94. The van der Waals surface area contributed by atoms with Crippen LogP contribution in [0.2, 0.25) is 18.1 Å². The summed E-state index contributed by atoms with van der Waals surface area (Å²) in [6.45, 7) is 16.4. The van der Waals surface area contributed by atoms with Gasteiger partial charge < -0.3 is 18.9 Å². The molecular weight excluding hydrogens is 599 g/mol. The van der Waals surface area contributed by atoms with Crippen molar-refractivity contribution in [2.45, 2.75) is 84.3 Å². The average Bonchev–Trinajstić information content (AvgIpc) is 2.99. The van der Waals surface area contributed by atoms with Crippen molar-refractivity contribution < 1.29 is 23.9 Å².